The van der Waals surface area contributed by atoms with Gasteiger partial charge in [0, 0.05) is 33.2 Å². The van der Waals surface area contributed by atoms with Gasteiger partial charge in [-0.15, -0.1) is 0 Å². The van der Waals surface area contributed by atoms with Gasteiger partial charge in [-0.25, -0.2) is 13.1 Å². The molecule has 18 heavy (non-hydrogen) atoms. The number of methoxy groups -OCH3 is 2. The summed E-state index contributed by atoms with van der Waals surface area (Å²) >= 11 is 0. The number of rotatable bonds is 7. The average Bonchev–Trinajstić information content (AvgIpc) is 2.38. The van der Waals surface area contributed by atoms with Gasteiger partial charge < -0.3 is 9.47 Å². The number of hydrogen-bond acceptors (Lipinski definition) is 5. The van der Waals surface area contributed by atoms with Crippen molar-refractivity contribution >= 4 is 10.0 Å². The fourth-order valence-electron chi connectivity index (χ4n) is 1.32. The van der Waals surface area contributed by atoms with Crippen LogP contribution in [-0.4, -0.2) is 46.4 Å². The van der Waals surface area contributed by atoms with Gasteiger partial charge >= 0.3 is 0 Å². The maximum absolute atomic E-state index is 12.0. The molecular formula is C11H18N2O4S. The Bertz CT molecular complexity index is 463. The summed E-state index contributed by atoms with van der Waals surface area (Å²) < 4.78 is 36.6. The van der Waals surface area contributed by atoms with Crippen LogP contribution in [0.3, 0.4) is 0 Å². The predicted molar refractivity (Wildman–Crippen MR) is 66.7 cm³/mol. The first-order valence-electron chi connectivity index (χ1n) is 5.37. The zero-order valence-corrected chi connectivity index (χ0v) is 11.5. The van der Waals surface area contributed by atoms with Crippen LogP contribution in [0, 0.1) is 0 Å². The summed E-state index contributed by atoms with van der Waals surface area (Å²) in [5.41, 5.74) is -0.704. The summed E-state index contributed by atoms with van der Waals surface area (Å²) in [6.07, 6.45) is 2.81. The van der Waals surface area contributed by atoms with Crippen molar-refractivity contribution in [2.45, 2.75) is 17.4 Å². The average molecular weight is 274 g/mol. The molecule has 7 heteroatoms. The summed E-state index contributed by atoms with van der Waals surface area (Å²) in [4.78, 5) is 3.90. The minimum absolute atomic E-state index is 0.120. The molecule has 6 nitrogen and oxygen atoms in total. The first-order valence-corrected chi connectivity index (χ1v) is 6.86. The third-order valence-corrected chi connectivity index (χ3v) is 3.91. The molecule has 0 aliphatic heterocycles. The van der Waals surface area contributed by atoms with Crippen molar-refractivity contribution in [1.29, 1.82) is 0 Å². The van der Waals surface area contributed by atoms with E-state index in [1.165, 1.54) is 32.7 Å². The van der Waals surface area contributed by atoms with Crippen LogP contribution in [0.15, 0.2) is 29.4 Å². The number of sulfonamides is 1. The lowest BCUT2D eigenvalue weighted by atomic mass is 10.1. The van der Waals surface area contributed by atoms with E-state index in [1.807, 2.05) is 0 Å². The van der Waals surface area contributed by atoms with Gasteiger partial charge in [-0.2, -0.15) is 0 Å². The van der Waals surface area contributed by atoms with Crippen LogP contribution in [0.2, 0.25) is 0 Å². The molecule has 1 heterocycles. The molecule has 0 amide bonds. The largest absolute Gasteiger partial charge is 0.382 e. The topological polar surface area (TPSA) is 77.5 Å². The van der Waals surface area contributed by atoms with Crippen molar-refractivity contribution in [3.63, 3.8) is 0 Å². The van der Waals surface area contributed by atoms with E-state index >= 15 is 0 Å². The van der Waals surface area contributed by atoms with Crippen molar-refractivity contribution in [2.24, 2.45) is 0 Å². The Morgan fingerprint density at radius 1 is 1.44 bits per heavy atom. The monoisotopic (exact) mass is 274 g/mol. The van der Waals surface area contributed by atoms with Crippen molar-refractivity contribution in [3.05, 3.63) is 24.5 Å². The van der Waals surface area contributed by atoms with Crippen LogP contribution in [0.25, 0.3) is 0 Å². The molecule has 0 spiro atoms. The van der Waals surface area contributed by atoms with Crippen molar-refractivity contribution in [2.75, 3.05) is 27.4 Å². The molecule has 0 aliphatic carbocycles. The van der Waals surface area contributed by atoms with Crippen molar-refractivity contribution in [3.8, 4) is 0 Å². The van der Waals surface area contributed by atoms with E-state index in [2.05, 4.69) is 9.71 Å². The number of nitrogens with one attached hydrogen (secondary N) is 1. The molecule has 0 radical (unpaired) electrons. The van der Waals surface area contributed by atoms with Crippen LogP contribution in [0.4, 0.5) is 0 Å². The van der Waals surface area contributed by atoms with Gasteiger partial charge in [-0.05, 0) is 19.1 Å². The lowest BCUT2D eigenvalue weighted by Crippen LogP contribution is -2.45. The fraction of sp³-hybridized carbons (Fsp3) is 0.545. The Balaban J connectivity index is 2.73. The summed E-state index contributed by atoms with van der Waals surface area (Å²) in [5, 5.41) is 0. The van der Waals surface area contributed by atoms with Crippen LogP contribution in [0.1, 0.15) is 6.92 Å². The fourth-order valence-corrected chi connectivity index (χ4v) is 2.44. The van der Waals surface area contributed by atoms with Crippen LogP contribution in [-0.2, 0) is 19.5 Å². The quantitative estimate of drug-likeness (QED) is 0.779. The molecule has 0 aliphatic rings. The first kappa shape index (κ1) is 15.0. The number of pyridine rings is 1. The summed E-state index contributed by atoms with van der Waals surface area (Å²) in [5.74, 6) is 0. The first-order chi connectivity index (χ1) is 8.43. The Morgan fingerprint density at radius 2 is 2.17 bits per heavy atom. The molecule has 1 aromatic rings. The van der Waals surface area contributed by atoms with Crippen LogP contribution in [0.5, 0.6) is 0 Å². The molecule has 0 aromatic carbocycles. The molecular weight excluding hydrogens is 256 g/mol. The van der Waals surface area contributed by atoms with Gasteiger partial charge in [0.05, 0.1) is 6.61 Å². The third kappa shape index (κ3) is 4.02. The highest BCUT2D eigenvalue weighted by Crippen LogP contribution is 2.11. The highest BCUT2D eigenvalue weighted by atomic mass is 32.2. The number of hydrogen-bond donors (Lipinski definition) is 1. The Labute approximate surface area is 107 Å². The molecule has 0 saturated carbocycles. The van der Waals surface area contributed by atoms with E-state index in [-0.39, 0.29) is 11.4 Å². The molecule has 1 atom stereocenters. The van der Waals surface area contributed by atoms with E-state index in [1.54, 1.807) is 13.0 Å². The molecule has 0 saturated heterocycles. The van der Waals surface area contributed by atoms with Gasteiger partial charge in [0.25, 0.3) is 0 Å². The highest BCUT2D eigenvalue weighted by molar-refractivity contribution is 7.89. The van der Waals surface area contributed by atoms with Gasteiger partial charge in [-0.3, -0.25) is 4.98 Å². The molecule has 1 rings (SSSR count). The third-order valence-electron chi connectivity index (χ3n) is 2.52. The van der Waals surface area contributed by atoms with E-state index in [0.29, 0.717) is 6.61 Å². The normalized spacial score (nSPS) is 15.3. The summed E-state index contributed by atoms with van der Waals surface area (Å²) in [6, 6.07) is 3.05. The number of ether oxygens (including phenoxy) is 2. The lowest BCUT2D eigenvalue weighted by molar-refractivity contribution is -0.0460. The Hall–Kier alpha value is -1.02. The zero-order chi connectivity index (χ0) is 13.6. The molecule has 0 unspecified atom stereocenters. The van der Waals surface area contributed by atoms with Gasteiger partial charge in [0.15, 0.2) is 0 Å². The maximum atomic E-state index is 12.0. The van der Waals surface area contributed by atoms with E-state index in [4.69, 9.17) is 9.47 Å². The lowest BCUT2D eigenvalue weighted by Gasteiger charge is -2.27. The van der Waals surface area contributed by atoms with Crippen LogP contribution >= 0.6 is 0 Å². The minimum atomic E-state index is -3.57. The second kappa shape index (κ2) is 6.24. The second-order valence-electron chi connectivity index (χ2n) is 4.10. The van der Waals surface area contributed by atoms with E-state index in [0.717, 1.165) is 0 Å². The smallest absolute Gasteiger partial charge is 0.242 e. The van der Waals surface area contributed by atoms with Crippen LogP contribution < -0.4 is 4.72 Å². The number of aromatic nitrogens is 1. The maximum Gasteiger partial charge on any atom is 0.242 e. The molecule has 1 aromatic heterocycles. The Morgan fingerprint density at radius 3 is 2.67 bits per heavy atom. The Kier molecular flexibility index (Phi) is 5.21. The SMILES string of the molecule is COC[C@](C)(CNS(=O)(=O)c1cccnc1)OC. The molecule has 0 bridgehead atoms. The van der Waals surface area contributed by atoms with Gasteiger partial charge in [0.2, 0.25) is 10.0 Å². The zero-order valence-electron chi connectivity index (χ0n) is 10.7. The minimum Gasteiger partial charge on any atom is -0.382 e. The van der Waals surface area contributed by atoms with Crippen molar-refractivity contribution in [1.82, 2.24) is 9.71 Å². The molecule has 1 N–H and O–H groups in total. The second-order valence-corrected chi connectivity index (χ2v) is 5.87. The molecule has 0 fully saturated rings. The van der Waals surface area contributed by atoms with E-state index < -0.39 is 15.6 Å². The highest BCUT2D eigenvalue weighted by Gasteiger charge is 2.26. The summed E-state index contributed by atoms with van der Waals surface area (Å²) in [6.45, 7) is 2.18. The van der Waals surface area contributed by atoms with Crippen molar-refractivity contribution < 1.29 is 17.9 Å². The van der Waals surface area contributed by atoms with Gasteiger partial charge in [0.1, 0.15) is 10.5 Å². The predicted octanol–water partition coefficient (Wildman–Crippen LogP) is 0.411. The molecule has 102 valence electrons. The number of nitrogens with zero attached hydrogens (tertiary/aromatic N) is 1. The summed E-state index contributed by atoms with van der Waals surface area (Å²) in [7, 11) is -0.524. The van der Waals surface area contributed by atoms with E-state index in [9.17, 15) is 8.42 Å². The van der Waals surface area contributed by atoms with Gasteiger partial charge in [-0.1, -0.05) is 0 Å². The standard InChI is InChI=1S/C11H18N2O4S/c1-11(17-3,9-16-2)8-13-18(14,15)10-5-4-6-12-7-10/h4-7,13H,8-9H2,1-3H3/t11-/m0/s1.